The van der Waals surface area contributed by atoms with Gasteiger partial charge in [0.1, 0.15) is 0 Å². The largest absolute Gasteiger partial charge is 0.493 e. The molecule has 0 aliphatic rings. The minimum Gasteiger partial charge on any atom is -0.493 e. The molecular weight excluding hydrogens is 360 g/mol. The summed E-state index contributed by atoms with van der Waals surface area (Å²) in [5.74, 6) is 1.42. The molecule has 0 bridgehead atoms. The van der Waals surface area contributed by atoms with Gasteiger partial charge < -0.3 is 9.47 Å². The second-order valence-corrected chi connectivity index (χ2v) is 7.34. The number of methoxy groups -OCH3 is 2. The second-order valence-electron chi connectivity index (χ2n) is 6.30. The number of para-hydroxylation sites is 1. The summed E-state index contributed by atoms with van der Waals surface area (Å²) in [6.07, 6.45) is 3.21. The van der Waals surface area contributed by atoms with Crippen LogP contribution in [0.2, 0.25) is 0 Å². The highest BCUT2D eigenvalue weighted by molar-refractivity contribution is 7.22. The standard InChI is InChI=1S/C21H22N2O3S/c1-13(2)15-6-5-7-18-20(15)23-21(27-18)22-19(24)11-9-14-8-10-16(25-3)17(12-14)26-4/h5-13H,1-4H3,(H,22,23,24)/b11-9+. The zero-order valence-electron chi connectivity index (χ0n) is 15.8. The average molecular weight is 382 g/mol. The Morgan fingerprint density at radius 3 is 2.63 bits per heavy atom. The number of anilines is 1. The van der Waals surface area contributed by atoms with E-state index in [0.29, 0.717) is 22.5 Å². The minimum atomic E-state index is -0.227. The molecule has 0 unspecified atom stereocenters. The van der Waals surface area contributed by atoms with Gasteiger partial charge in [-0.05, 0) is 41.3 Å². The first kappa shape index (κ1) is 18.9. The van der Waals surface area contributed by atoms with E-state index in [4.69, 9.17) is 9.47 Å². The average Bonchev–Trinajstić information content (AvgIpc) is 3.07. The van der Waals surface area contributed by atoms with Gasteiger partial charge in [0, 0.05) is 6.08 Å². The summed E-state index contributed by atoms with van der Waals surface area (Å²) in [6.45, 7) is 4.27. The van der Waals surface area contributed by atoms with Gasteiger partial charge in [-0.15, -0.1) is 0 Å². The number of rotatable bonds is 6. The lowest BCUT2D eigenvalue weighted by Crippen LogP contribution is -2.07. The van der Waals surface area contributed by atoms with Crippen LogP contribution in [0.1, 0.15) is 30.9 Å². The summed E-state index contributed by atoms with van der Waals surface area (Å²) in [5.41, 5.74) is 2.98. The quantitative estimate of drug-likeness (QED) is 0.603. The Balaban J connectivity index is 1.75. The maximum absolute atomic E-state index is 12.3. The van der Waals surface area contributed by atoms with Gasteiger partial charge in [-0.25, -0.2) is 4.98 Å². The first-order chi connectivity index (χ1) is 13.0. The lowest BCUT2D eigenvalue weighted by Gasteiger charge is -2.07. The summed E-state index contributed by atoms with van der Waals surface area (Å²) in [6, 6.07) is 11.6. The van der Waals surface area contributed by atoms with Crippen LogP contribution in [0, 0.1) is 0 Å². The molecule has 1 aromatic heterocycles. The van der Waals surface area contributed by atoms with Crippen LogP contribution in [-0.4, -0.2) is 25.1 Å². The molecule has 0 aliphatic carbocycles. The van der Waals surface area contributed by atoms with Crippen LogP contribution in [0.25, 0.3) is 16.3 Å². The predicted octanol–water partition coefficient (Wildman–Crippen LogP) is 5.09. The molecule has 0 atom stereocenters. The Labute approximate surface area is 162 Å². The molecule has 2 aromatic carbocycles. The molecule has 1 N–H and O–H groups in total. The fourth-order valence-corrected chi connectivity index (χ4v) is 3.67. The first-order valence-corrected chi connectivity index (χ1v) is 9.44. The number of hydrogen-bond donors (Lipinski definition) is 1. The molecule has 6 heteroatoms. The van der Waals surface area contributed by atoms with Gasteiger partial charge in [-0.1, -0.05) is 43.4 Å². The van der Waals surface area contributed by atoms with Crippen molar-refractivity contribution in [3.8, 4) is 11.5 Å². The molecule has 1 amide bonds. The molecule has 5 nitrogen and oxygen atoms in total. The highest BCUT2D eigenvalue weighted by Gasteiger charge is 2.11. The zero-order chi connectivity index (χ0) is 19.4. The van der Waals surface area contributed by atoms with Crippen molar-refractivity contribution in [3.63, 3.8) is 0 Å². The number of carbonyl (C=O) groups is 1. The van der Waals surface area contributed by atoms with Crippen LogP contribution in [0.5, 0.6) is 11.5 Å². The van der Waals surface area contributed by atoms with Gasteiger partial charge in [0.2, 0.25) is 5.91 Å². The van der Waals surface area contributed by atoms with Crippen molar-refractivity contribution in [2.45, 2.75) is 19.8 Å². The van der Waals surface area contributed by atoms with Gasteiger partial charge in [0.15, 0.2) is 16.6 Å². The van der Waals surface area contributed by atoms with Crippen LogP contribution < -0.4 is 14.8 Å². The summed E-state index contributed by atoms with van der Waals surface area (Å²) in [4.78, 5) is 16.9. The fraction of sp³-hybridized carbons (Fsp3) is 0.238. The Hall–Kier alpha value is -2.86. The Kier molecular flexibility index (Phi) is 5.76. The summed E-state index contributed by atoms with van der Waals surface area (Å²) in [7, 11) is 3.17. The SMILES string of the molecule is COc1ccc(/C=C/C(=O)Nc2nc3c(C(C)C)cccc3s2)cc1OC. The van der Waals surface area contributed by atoms with Crippen molar-refractivity contribution in [1.29, 1.82) is 0 Å². The van der Waals surface area contributed by atoms with E-state index in [-0.39, 0.29) is 5.91 Å². The van der Waals surface area contributed by atoms with E-state index in [1.807, 2.05) is 24.3 Å². The third-order valence-electron chi connectivity index (χ3n) is 4.14. The van der Waals surface area contributed by atoms with Crippen LogP contribution in [-0.2, 0) is 4.79 Å². The smallest absolute Gasteiger partial charge is 0.250 e. The van der Waals surface area contributed by atoms with Crippen molar-refractivity contribution < 1.29 is 14.3 Å². The molecule has 140 valence electrons. The van der Waals surface area contributed by atoms with Gasteiger partial charge in [-0.2, -0.15) is 0 Å². The number of carbonyl (C=O) groups excluding carboxylic acids is 1. The van der Waals surface area contributed by atoms with E-state index < -0.39 is 0 Å². The summed E-state index contributed by atoms with van der Waals surface area (Å²) < 4.78 is 11.6. The molecule has 0 spiro atoms. The van der Waals surface area contributed by atoms with Gasteiger partial charge in [-0.3, -0.25) is 10.1 Å². The molecule has 0 radical (unpaired) electrons. The van der Waals surface area contributed by atoms with Crippen molar-refractivity contribution in [1.82, 2.24) is 4.98 Å². The maximum Gasteiger partial charge on any atom is 0.250 e. The highest BCUT2D eigenvalue weighted by atomic mass is 32.1. The predicted molar refractivity (Wildman–Crippen MR) is 111 cm³/mol. The lowest BCUT2D eigenvalue weighted by molar-refractivity contribution is -0.111. The normalized spacial score (nSPS) is 11.3. The third-order valence-corrected chi connectivity index (χ3v) is 5.07. The van der Waals surface area contributed by atoms with Crippen molar-refractivity contribution >= 4 is 38.7 Å². The molecule has 0 saturated heterocycles. The number of amides is 1. The highest BCUT2D eigenvalue weighted by Crippen LogP contribution is 2.31. The van der Waals surface area contributed by atoms with E-state index in [9.17, 15) is 4.79 Å². The zero-order valence-corrected chi connectivity index (χ0v) is 16.6. The Morgan fingerprint density at radius 2 is 1.93 bits per heavy atom. The first-order valence-electron chi connectivity index (χ1n) is 8.62. The number of nitrogens with one attached hydrogen (secondary N) is 1. The van der Waals surface area contributed by atoms with Crippen LogP contribution >= 0.6 is 11.3 Å². The topological polar surface area (TPSA) is 60.5 Å². The van der Waals surface area contributed by atoms with Crippen LogP contribution in [0.15, 0.2) is 42.5 Å². The second kappa shape index (κ2) is 8.22. The number of ether oxygens (including phenoxy) is 2. The van der Waals surface area contributed by atoms with Crippen LogP contribution in [0.4, 0.5) is 5.13 Å². The van der Waals surface area contributed by atoms with Gasteiger partial charge in [0.25, 0.3) is 0 Å². The number of benzene rings is 2. The van der Waals surface area contributed by atoms with E-state index in [1.165, 1.54) is 23.0 Å². The van der Waals surface area contributed by atoms with Gasteiger partial charge >= 0.3 is 0 Å². The van der Waals surface area contributed by atoms with E-state index in [2.05, 4.69) is 30.2 Å². The molecule has 27 heavy (non-hydrogen) atoms. The fourth-order valence-electron chi connectivity index (χ4n) is 2.76. The third kappa shape index (κ3) is 4.28. The number of hydrogen-bond acceptors (Lipinski definition) is 5. The Bertz CT molecular complexity index is 992. The number of fused-ring (bicyclic) bond motifs is 1. The summed E-state index contributed by atoms with van der Waals surface area (Å²) >= 11 is 1.48. The molecule has 3 rings (SSSR count). The summed E-state index contributed by atoms with van der Waals surface area (Å²) in [5, 5.41) is 3.44. The minimum absolute atomic E-state index is 0.227. The molecular formula is C21H22N2O3S. The van der Waals surface area contributed by atoms with Crippen molar-refractivity contribution in [2.24, 2.45) is 0 Å². The molecule has 0 saturated carbocycles. The maximum atomic E-state index is 12.3. The molecule has 0 aliphatic heterocycles. The van der Waals surface area contributed by atoms with Crippen LogP contribution in [0.3, 0.4) is 0 Å². The molecule has 0 fully saturated rings. The Morgan fingerprint density at radius 1 is 1.15 bits per heavy atom. The number of aromatic nitrogens is 1. The van der Waals surface area contributed by atoms with E-state index in [0.717, 1.165) is 15.8 Å². The molecule has 3 aromatic rings. The van der Waals surface area contributed by atoms with Gasteiger partial charge in [0.05, 0.1) is 24.4 Å². The monoisotopic (exact) mass is 382 g/mol. The van der Waals surface area contributed by atoms with Crippen molar-refractivity contribution in [3.05, 3.63) is 53.6 Å². The van der Waals surface area contributed by atoms with Crippen molar-refractivity contribution in [2.75, 3.05) is 19.5 Å². The van der Waals surface area contributed by atoms with E-state index >= 15 is 0 Å². The van der Waals surface area contributed by atoms with E-state index in [1.54, 1.807) is 26.4 Å². The lowest BCUT2D eigenvalue weighted by atomic mass is 10.0. The number of nitrogens with zero attached hydrogens (tertiary/aromatic N) is 1. The number of thiazole rings is 1. The molecule has 1 heterocycles.